The maximum Gasteiger partial charge on any atom is 0.413 e. The number of carbonyl (C=O) groups excluding carboxylic acids is 7. The summed E-state index contributed by atoms with van der Waals surface area (Å²) >= 11 is 17.6. The molecule has 2 fully saturated rings. The Kier molecular flexibility index (Phi) is 27.5. The quantitative estimate of drug-likeness (QED) is 0.0109. The van der Waals surface area contributed by atoms with Gasteiger partial charge in [-0.15, -0.1) is 79.6 Å². The number of ketones is 1. The van der Waals surface area contributed by atoms with Crippen LogP contribution in [0.3, 0.4) is 0 Å². The first-order valence-corrected chi connectivity index (χ1v) is 38.5. The average Bonchev–Trinajstić information content (AvgIpc) is 1.71. The zero-order chi connectivity index (χ0) is 80.5. The number of rotatable bonds is 24. The van der Waals surface area contributed by atoms with Gasteiger partial charge in [0.25, 0.3) is 0 Å². The number of methoxy groups -OCH3 is 2. The van der Waals surface area contributed by atoms with Gasteiger partial charge in [-0.05, 0) is 178 Å². The number of carboxylic acids is 1. The van der Waals surface area contributed by atoms with Crippen LogP contribution in [0.1, 0.15) is 151 Å². The number of nitrogens with zero attached hydrogens (tertiary/aromatic N) is 14. The van der Waals surface area contributed by atoms with E-state index in [0.717, 1.165) is 50.7 Å². The molecular weight excluding hydrogens is 1540 g/mol. The standard InChI is InChI=1S/C35H43ClN8O8S2.C18H27N3O7S.C16H17ClN6O2S/c1-33(2,3)50-30(47)35(7,8)52-40-25(23-18-54-31(37-23)38-32(48)51-34(4,5)6)24(45)14-22-28(46)44-26(20(15-36)17-53-29(22)44)27-39-41-42-43(27)16-19-10-12-21(49-9)13-11-19;1-16(2,3)26-13(24)18(7,8)28-21-11(12(22)23)10-9-29-14(19-10)20-15(25)27-17(4,5)6;1-25-11-4-2-9(3-5-11)7-22-14(19-20-21-22)13-10(6-17)8-26-16-12(18)15(24)23(13)16/h10-13,18,22,29H,14-17H2,1-9H3,(H,37,38,48);9H,1-8H3,(H,22,23)(H,19,20,25);2-5,12,16H,6-8,18H2,1H3/b40-25-;21-11-;/t22-,29-;;12-,16-/m1.1/s1. The number of thiazole rings is 2. The number of hydrogen-bond donors (Lipinski definition) is 4. The first-order chi connectivity index (χ1) is 50.9. The van der Waals surface area contributed by atoms with E-state index < -0.39 is 92.5 Å². The molecule has 0 spiro atoms. The number of ether oxygens (including phenoxy) is 6. The Morgan fingerprint density at radius 3 is 1.34 bits per heavy atom. The van der Waals surface area contributed by atoms with Crippen LogP contribution in [0.2, 0.25) is 0 Å². The summed E-state index contributed by atoms with van der Waals surface area (Å²) in [5, 5.41) is 49.1. The fourth-order valence-electron chi connectivity index (χ4n) is 9.99. The summed E-state index contributed by atoms with van der Waals surface area (Å²) in [5.41, 5.74) is 3.88. The predicted octanol–water partition coefficient (Wildman–Crippen LogP) is 9.85. The molecule has 4 aliphatic rings. The fourth-order valence-corrected chi connectivity index (χ4v) is 14.7. The molecule has 8 heterocycles. The Hall–Kier alpha value is -9.34. The molecule has 34 nitrogen and oxygen atoms in total. The van der Waals surface area contributed by atoms with E-state index in [1.54, 1.807) is 128 Å². The molecule has 0 aliphatic carbocycles. The summed E-state index contributed by atoms with van der Waals surface area (Å²) in [6.45, 7) is 27.0. The van der Waals surface area contributed by atoms with Crippen molar-refractivity contribution in [1.29, 1.82) is 0 Å². The predicted molar refractivity (Wildman–Crippen MR) is 409 cm³/mol. The first-order valence-electron chi connectivity index (χ1n) is 33.6. The van der Waals surface area contributed by atoms with Crippen molar-refractivity contribution in [3.63, 3.8) is 0 Å². The summed E-state index contributed by atoms with van der Waals surface area (Å²) < 4.78 is 34.9. The monoisotopic (exact) mass is 1620 g/mol. The molecule has 0 saturated carbocycles. The third-order valence-electron chi connectivity index (χ3n) is 15.1. The van der Waals surface area contributed by atoms with E-state index in [2.05, 4.69) is 62.0 Å². The minimum absolute atomic E-state index is 0.0476. The molecule has 10 rings (SSSR count). The molecule has 6 aromatic rings. The van der Waals surface area contributed by atoms with Crippen LogP contribution in [0.15, 0.2) is 80.7 Å². The highest BCUT2D eigenvalue weighted by atomic mass is 35.5. The van der Waals surface area contributed by atoms with Crippen molar-refractivity contribution < 1.29 is 81.6 Å². The van der Waals surface area contributed by atoms with E-state index in [4.69, 9.17) is 67.0 Å². The summed E-state index contributed by atoms with van der Waals surface area (Å²) in [6.07, 6.45) is -1.72. The molecule has 40 heteroatoms. The number of β-lactam (4-membered cyclic amide) rings is 2. The zero-order valence-corrected chi connectivity index (χ0v) is 68.0. The molecule has 4 aliphatic heterocycles. The van der Waals surface area contributed by atoms with Crippen LogP contribution in [-0.2, 0) is 70.5 Å². The van der Waals surface area contributed by atoms with E-state index in [9.17, 15) is 43.5 Å². The number of thioether (sulfide) groups is 2. The van der Waals surface area contributed by atoms with Crippen LogP contribution in [0.25, 0.3) is 11.4 Å². The van der Waals surface area contributed by atoms with Crippen molar-refractivity contribution in [1.82, 2.24) is 60.2 Å². The number of carboxylic acid groups (broad SMARTS) is 1. The number of aliphatic carboxylic acids is 1. The summed E-state index contributed by atoms with van der Waals surface area (Å²) in [7, 11) is 3.22. The highest BCUT2D eigenvalue weighted by Gasteiger charge is 2.55. The van der Waals surface area contributed by atoms with Gasteiger partial charge in [0.15, 0.2) is 33.4 Å². The summed E-state index contributed by atoms with van der Waals surface area (Å²) in [4.78, 5) is 124. The molecule has 4 atom stereocenters. The lowest BCUT2D eigenvalue weighted by Crippen LogP contribution is -2.67. The molecule has 2 saturated heterocycles. The Morgan fingerprint density at radius 2 is 0.954 bits per heavy atom. The van der Waals surface area contributed by atoms with E-state index in [1.807, 2.05) is 48.5 Å². The van der Waals surface area contributed by atoms with Gasteiger partial charge in [-0.1, -0.05) is 34.6 Å². The lowest BCUT2D eigenvalue weighted by atomic mass is 9.89. The van der Waals surface area contributed by atoms with Crippen LogP contribution < -0.4 is 25.8 Å². The number of benzene rings is 2. The molecule has 0 radical (unpaired) electrons. The lowest BCUT2D eigenvalue weighted by molar-refractivity contribution is -0.180. The Balaban J connectivity index is 0.000000228. The molecule has 109 heavy (non-hydrogen) atoms. The third kappa shape index (κ3) is 22.4. The molecule has 588 valence electrons. The van der Waals surface area contributed by atoms with Crippen molar-refractivity contribution >= 4 is 150 Å². The minimum atomic E-state index is -1.60. The van der Waals surface area contributed by atoms with Crippen molar-refractivity contribution in [2.75, 3.05) is 48.1 Å². The minimum Gasteiger partial charge on any atom is -0.497 e. The van der Waals surface area contributed by atoms with Gasteiger partial charge in [0.1, 0.15) is 56.7 Å². The number of fused-ring (bicyclic) bond motifs is 2. The number of Topliss-reactive ketones (excluding diaryl/α,β-unsaturated/α-hetero) is 1. The van der Waals surface area contributed by atoms with Gasteiger partial charge in [0.2, 0.25) is 28.7 Å². The largest absolute Gasteiger partial charge is 0.497 e. The van der Waals surface area contributed by atoms with Gasteiger partial charge in [-0.3, -0.25) is 34.8 Å². The van der Waals surface area contributed by atoms with Gasteiger partial charge in [-0.25, -0.2) is 43.3 Å². The fraction of sp³-hybridized carbons (Fsp3) is 0.507. The van der Waals surface area contributed by atoms with Crippen molar-refractivity contribution in [3.8, 4) is 11.5 Å². The number of hydrogen-bond acceptors (Lipinski definition) is 31. The van der Waals surface area contributed by atoms with Crippen LogP contribution in [0.4, 0.5) is 19.9 Å². The number of nitrogens with two attached hydrogens (primary N) is 1. The van der Waals surface area contributed by atoms with Gasteiger partial charge in [0.05, 0.1) is 50.0 Å². The zero-order valence-electron chi connectivity index (χ0n) is 63.2. The third-order valence-corrected chi connectivity index (χ3v) is 20.0. The Morgan fingerprint density at radius 1 is 0.569 bits per heavy atom. The van der Waals surface area contributed by atoms with Gasteiger partial charge in [-0.2, -0.15) is 0 Å². The molecule has 0 unspecified atom stereocenters. The Labute approximate surface area is 654 Å². The SMILES string of the molecule is CC(C)(C)OC(=O)Nc1nc(/C(=N/OC(C)(C)C(=O)OC(C)(C)C)C(=O)O)cs1.COc1ccc(Cn2nnnc2C2=C(CCl)CS[C@@H]3[C@H](CC(=O)/C(=N\OC(C)(C)C(=O)OC(C)(C)C)c4csc(NC(=O)OC(C)(C)C)n4)C(=O)N23)cc1.COc1ccc(Cn2nnnc2C2=C(CCl)CS[C@@H]3[C@H](N)C(=O)N23)cc1. The smallest absolute Gasteiger partial charge is 0.413 e. The van der Waals surface area contributed by atoms with Crippen LogP contribution in [-0.4, -0.2) is 212 Å². The number of tetrazole rings is 2. The van der Waals surface area contributed by atoms with E-state index in [0.29, 0.717) is 59.3 Å². The number of oxime groups is 2. The topological polar surface area (TPSA) is 425 Å². The first kappa shape index (κ1) is 85.3. The van der Waals surface area contributed by atoms with Gasteiger partial charge < -0.3 is 48.9 Å². The van der Waals surface area contributed by atoms with E-state index >= 15 is 0 Å². The van der Waals surface area contributed by atoms with Crippen LogP contribution in [0, 0.1) is 5.92 Å². The van der Waals surface area contributed by atoms with Gasteiger partial charge >= 0.3 is 30.1 Å². The second-order valence-corrected chi connectivity index (χ2v) is 33.9. The summed E-state index contributed by atoms with van der Waals surface area (Å²) in [5.74, 6) is -0.563. The number of amides is 4. The second kappa shape index (κ2) is 35.1. The number of halogens is 2. The number of alkyl halides is 2. The van der Waals surface area contributed by atoms with Gasteiger partial charge in [0, 0.05) is 40.4 Å². The second-order valence-electron chi connectivity index (χ2n) is 29.5. The Bertz CT molecular complexity index is 4470. The highest BCUT2D eigenvalue weighted by Crippen LogP contribution is 2.49. The number of anilines is 2. The van der Waals surface area contributed by atoms with Crippen LogP contribution >= 0.6 is 69.4 Å². The number of nitrogens with one attached hydrogen (secondary N) is 2. The van der Waals surface area contributed by atoms with Crippen molar-refractivity contribution in [2.45, 2.75) is 181 Å². The molecule has 4 amide bonds. The maximum absolute atomic E-state index is 14.1. The molecule has 0 bridgehead atoms. The van der Waals surface area contributed by atoms with Crippen molar-refractivity contribution in [3.05, 3.63) is 105 Å². The number of esters is 2. The molecule has 4 aromatic heterocycles. The number of aromatic nitrogens is 10. The average molecular weight is 1630 g/mol. The maximum atomic E-state index is 14.1. The van der Waals surface area contributed by atoms with Crippen molar-refractivity contribution in [2.24, 2.45) is 22.0 Å². The molecular formula is C69H87Cl2N17O17S4. The highest BCUT2D eigenvalue weighted by molar-refractivity contribution is 8.00. The van der Waals surface area contributed by atoms with Crippen LogP contribution in [0.5, 0.6) is 11.5 Å². The van der Waals surface area contributed by atoms with E-state index in [-0.39, 0.29) is 56.9 Å². The normalized spacial score (nSPS) is 17.6. The number of carbonyl (C=O) groups is 8. The molecule has 2 aromatic carbocycles. The van der Waals surface area contributed by atoms with E-state index in [1.165, 1.54) is 50.2 Å². The molecule has 5 N–H and O–H groups in total. The lowest BCUT2D eigenvalue weighted by Gasteiger charge is -2.50. The summed E-state index contributed by atoms with van der Waals surface area (Å²) in [6, 6.07) is 14.6.